The molecule has 9 nitrogen and oxygen atoms in total. The third-order valence-electron chi connectivity index (χ3n) is 7.27. The number of benzene rings is 3. The zero-order valence-corrected chi connectivity index (χ0v) is 24.4. The van der Waals surface area contributed by atoms with Gasteiger partial charge in [-0.2, -0.15) is 4.99 Å². The standard InChI is InChI=1S/C31H25F4N5O4S/c32-25(16-43-30(42)37-29-40(27(41)17-45-29)26-7-3-5-19-4-1-2-6-24(19)26)20-8-10-21(11-9-20)28-36-18-39(38-28)22-12-14-23(15-13-22)44-31(33,34)35/h3,5,7-15,18,25H,1-2,4,6,16-17H2. The van der Waals surface area contributed by atoms with E-state index in [1.807, 2.05) is 12.1 Å². The number of nitrogens with zero attached hydrogens (tertiary/aromatic N) is 5. The minimum Gasteiger partial charge on any atom is -0.444 e. The first-order chi connectivity index (χ1) is 21.6. The summed E-state index contributed by atoms with van der Waals surface area (Å²) in [5, 5.41) is 4.54. The molecule has 1 aromatic heterocycles. The van der Waals surface area contributed by atoms with Gasteiger partial charge in [0.1, 0.15) is 18.7 Å². The first kappa shape index (κ1) is 30.3. The zero-order valence-electron chi connectivity index (χ0n) is 23.5. The molecule has 2 amide bonds. The van der Waals surface area contributed by atoms with E-state index in [4.69, 9.17) is 4.74 Å². The largest absolute Gasteiger partial charge is 0.573 e. The zero-order chi connectivity index (χ0) is 31.6. The molecule has 1 aliphatic carbocycles. The van der Waals surface area contributed by atoms with Gasteiger partial charge in [0.15, 0.2) is 17.2 Å². The van der Waals surface area contributed by atoms with Crippen LogP contribution in [-0.2, 0) is 22.4 Å². The Hall–Kier alpha value is -4.72. The average molecular weight is 640 g/mol. The number of aliphatic imine (C=N–C) groups is 1. The number of rotatable bonds is 7. The van der Waals surface area contributed by atoms with Gasteiger partial charge in [-0.1, -0.05) is 48.2 Å². The third kappa shape index (κ3) is 7.00. The third-order valence-corrected chi connectivity index (χ3v) is 8.20. The SMILES string of the molecule is O=C(N=C1SCC(=O)N1c1cccc2c1CCCC2)OCC(F)c1ccc(-c2ncn(-c3ccc(OC(F)(F)F)cc3)n2)cc1. The minimum absolute atomic E-state index is 0.143. The summed E-state index contributed by atoms with van der Waals surface area (Å²) in [6.07, 6.45) is -2.13. The molecule has 232 valence electrons. The number of amidine groups is 1. The quantitative estimate of drug-likeness (QED) is 0.201. The molecule has 1 aliphatic heterocycles. The lowest BCUT2D eigenvalue weighted by molar-refractivity contribution is -0.274. The smallest absolute Gasteiger partial charge is 0.444 e. The number of carbonyl (C=O) groups excluding carboxylic acids is 2. The first-order valence-electron chi connectivity index (χ1n) is 14.0. The number of hydrogen-bond acceptors (Lipinski definition) is 7. The van der Waals surface area contributed by atoms with Crippen LogP contribution in [-0.4, -0.2) is 50.7 Å². The maximum Gasteiger partial charge on any atom is 0.573 e. The topological polar surface area (TPSA) is 98.9 Å². The second kappa shape index (κ2) is 12.7. The molecule has 2 heterocycles. The Morgan fingerprint density at radius 1 is 1.02 bits per heavy atom. The summed E-state index contributed by atoms with van der Waals surface area (Å²) < 4.78 is 62.5. The fraction of sp³-hybridized carbons (Fsp3) is 0.258. The van der Waals surface area contributed by atoms with Gasteiger partial charge in [-0.25, -0.2) is 18.9 Å². The first-order valence-corrected chi connectivity index (χ1v) is 15.0. The van der Waals surface area contributed by atoms with Crippen LogP contribution < -0.4 is 9.64 Å². The second-order valence-electron chi connectivity index (χ2n) is 10.3. The van der Waals surface area contributed by atoms with Crippen LogP contribution in [0.1, 0.15) is 35.7 Å². The van der Waals surface area contributed by atoms with Crippen LogP contribution in [0.5, 0.6) is 5.75 Å². The summed E-state index contributed by atoms with van der Waals surface area (Å²) >= 11 is 1.14. The number of aromatic nitrogens is 3. The Bertz CT molecular complexity index is 1740. The minimum atomic E-state index is -4.79. The Balaban J connectivity index is 1.07. The van der Waals surface area contributed by atoms with Crippen molar-refractivity contribution in [2.45, 2.75) is 38.2 Å². The summed E-state index contributed by atoms with van der Waals surface area (Å²) in [4.78, 5) is 34.9. The highest BCUT2D eigenvalue weighted by Gasteiger charge is 2.33. The maximum atomic E-state index is 15.0. The molecule has 0 spiro atoms. The van der Waals surface area contributed by atoms with Crippen molar-refractivity contribution in [3.05, 3.63) is 89.7 Å². The van der Waals surface area contributed by atoms with Crippen LogP contribution in [0.3, 0.4) is 0 Å². The van der Waals surface area contributed by atoms with Gasteiger partial charge in [-0.3, -0.25) is 9.69 Å². The van der Waals surface area contributed by atoms with Crippen molar-refractivity contribution in [3.63, 3.8) is 0 Å². The number of anilines is 1. The predicted molar refractivity (Wildman–Crippen MR) is 159 cm³/mol. The molecule has 3 aromatic carbocycles. The van der Waals surface area contributed by atoms with Gasteiger partial charge in [0.2, 0.25) is 5.91 Å². The van der Waals surface area contributed by atoms with Gasteiger partial charge < -0.3 is 9.47 Å². The van der Waals surface area contributed by atoms with Gasteiger partial charge in [-0.15, -0.1) is 18.3 Å². The highest BCUT2D eigenvalue weighted by Crippen LogP contribution is 2.35. The van der Waals surface area contributed by atoms with Crippen molar-refractivity contribution in [1.82, 2.24) is 14.8 Å². The molecule has 4 aromatic rings. The molecule has 0 radical (unpaired) electrons. The fourth-order valence-corrected chi connectivity index (χ4v) is 6.01. The Labute approximate surface area is 258 Å². The van der Waals surface area contributed by atoms with Crippen LogP contribution in [0, 0.1) is 0 Å². The van der Waals surface area contributed by atoms with E-state index in [-0.39, 0.29) is 28.1 Å². The number of amides is 2. The van der Waals surface area contributed by atoms with Gasteiger partial charge in [-0.05, 0) is 72.7 Å². The number of aryl methyl sites for hydroxylation is 1. The van der Waals surface area contributed by atoms with Crippen molar-refractivity contribution >= 4 is 34.6 Å². The predicted octanol–water partition coefficient (Wildman–Crippen LogP) is 6.99. The molecule has 2 aliphatic rings. The number of carbonyl (C=O) groups is 2. The second-order valence-corrected chi connectivity index (χ2v) is 11.2. The number of fused-ring (bicyclic) bond motifs is 1. The van der Waals surface area contributed by atoms with E-state index >= 15 is 0 Å². The lowest BCUT2D eigenvalue weighted by Crippen LogP contribution is -2.31. The van der Waals surface area contributed by atoms with Gasteiger partial charge in [0.05, 0.1) is 17.1 Å². The van der Waals surface area contributed by atoms with E-state index in [0.717, 1.165) is 60.8 Å². The summed E-state index contributed by atoms with van der Waals surface area (Å²) in [7, 11) is 0. The molecule has 1 unspecified atom stereocenters. The van der Waals surface area contributed by atoms with E-state index in [1.54, 1.807) is 12.1 Å². The molecule has 0 bridgehead atoms. The van der Waals surface area contributed by atoms with Crippen molar-refractivity contribution < 1.29 is 36.6 Å². The van der Waals surface area contributed by atoms with Gasteiger partial charge in [0, 0.05) is 5.56 Å². The van der Waals surface area contributed by atoms with Crippen molar-refractivity contribution in [1.29, 1.82) is 0 Å². The van der Waals surface area contributed by atoms with Crippen LogP contribution >= 0.6 is 11.8 Å². The van der Waals surface area contributed by atoms with E-state index in [2.05, 4.69) is 25.9 Å². The number of hydrogen-bond donors (Lipinski definition) is 0. The molecule has 1 atom stereocenters. The molecular weight excluding hydrogens is 614 g/mol. The normalized spacial score (nSPS) is 16.5. The van der Waals surface area contributed by atoms with Crippen LogP contribution in [0.2, 0.25) is 0 Å². The number of ether oxygens (including phenoxy) is 2. The van der Waals surface area contributed by atoms with Gasteiger partial charge >= 0.3 is 12.5 Å². The lowest BCUT2D eigenvalue weighted by Gasteiger charge is -2.24. The monoisotopic (exact) mass is 639 g/mol. The van der Waals surface area contributed by atoms with Crippen LogP contribution in [0.15, 0.2) is 78.0 Å². The summed E-state index contributed by atoms with van der Waals surface area (Å²) in [5.74, 6) is -0.0881. The number of alkyl halides is 4. The highest BCUT2D eigenvalue weighted by molar-refractivity contribution is 8.15. The average Bonchev–Trinajstić information content (AvgIpc) is 3.66. The number of thioether (sulfide) groups is 1. The maximum absolute atomic E-state index is 15.0. The molecular formula is C31H25F4N5O4S. The Kier molecular flexibility index (Phi) is 8.57. The molecule has 45 heavy (non-hydrogen) atoms. The molecule has 0 N–H and O–H groups in total. The summed E-state index contributed by atoms with van der Waals surface area (Å²) in [6, 6.07) is 17.1. The highest BCUT2D eigenvalue weighted by atomic mass is 32.2. The summed E-state index contributed by atoms with van der Waals surface area (Å²) in [5.41, 5.74) is 4.28. The molecule has 1 fully saturated rings. The molecule has 6 rings (SSSR count). The van der Waals surface area contributed by atoms with Crippen LogP contribution in [0.25, 0.3) is 17.1 Å². The molecule has 1 saturated heterocycles. The van der Waals surface area contributed by atoms with Crippen molar-refractivity contribution in [2.75, 3.05) is 17.3 Å². The van der Waals surface area contributed by atoms with Gasteiger partial charge in [0.25, 0.3) is 0 Å². The summed E-state index contributed by atoms with van der Waals surface area (Å²) in [6.45, 7) is -0.574. The van der Waals surface area contributed by atoms with Crippen molar-refractivity contribution in [3.8, 4) is 22.8 Å². The van der Waals surface area contributed by atoms with E-state index in [1.165, 1.54) is 45.7 Å². The number of halogens is 4. The molecule has 0 saturated carbocycles. The lowest BCUT2D eigenvalue weighted by atomic mass is 9.90. The van der Waals surface area contributed by atoms with E-state index in [0.29, 0.717) is 17.1 Å². The van der Waals surface area contributed by atoms with Crippen LogP contribution in [0.4, 0.5) is 28.0 Å². The van der Waals surface area contributed by atoms with E-state index in [9.17, 15) is 27.2 Å². The van der Waals surface area contributed by atoms with Crippen molar-refractivity contribution in [2.24, 2.45) is 4.99 Å². The Morgan fingerprint density at radius 3 is 2.53 bits per heavy atom. The fourth-order valence-electron chi connectivity index (χ4n) is 5.16. The molecule has 14 heteroatoms. The van der Waals surface area contributed by atoms with E-state index < -0.39 is 25.2 Å². The Morgan fingerprint density at radius 2 is 1.78 bits per heavy atom.